The van der Waals surface area contributed by atoms with E-state index in [4.69, 9.17) is 5.73 Å². The standard InChI is InChI=1S/C9H13BrN4O2S/c10-7-5-8(11)14-9(13-7)12-6-1-3-17(15,16)4-2-6/h5-6H,1-4H2,(H3,11,12,13,14). The second kappa shape index (κ2) is 4.77. The highest BCUT2D eigenvalue weighted by atomic mass is 79.9. The second-order valence-corrected chi connectivity index (χ2v) is 7.13. The summed E-state index contributed by atoms with van der Waals surface area (Å²) in [5.74, 6) is 1.24. The third kappa shape index (κ3) is 3.53. The number of rotatable bonds is 2. The van der Waals surface area contributed by atoms with Crippen LogP contribution in [-0.2, 0) is 9.84 Å². The lowest BCUT2D eigenvalue weighted by Crippen LogP contribution is -2.32. The fourth-order valence-corrected chi connectivity index (χ4v) is 3.61. The van der Waals surface area contributed by atoms with Crippen molar-refractivity contribution in [2.24, 2.45) is 0 Å². The quantitative estimate of drug-likeness (QED) is 0.782. The van der Waals surface area contributed by atoms with E-state index in [0.29, 0.717) is 29.2 Å². The molecule has 0 bridgehead atoms. The first-order chi connectivity index (χ1) is 7.94. The first kappa shape index (κ1) is 12.6. The average molecular weight is 321 g/mol. The molecule has 6 nitrogen and oxygen atoms in total. The molecule has 0 atom stereocenters. The SMILES string of the molecule is Nc1cc(Br)nc(NC2CCS(=O)(=O)CC2)n1. The molecule has 0 aromatic carbocycles. The smallest absolute Gasteiger partial charge is 0.225 e. The summed E-state index contributed by atoms with van der Waals surface area (Å²) in [6, 6.07) is 1.70. The Labute approximate surface area is 108 Å². The van der Waals surface area contributed by atoms with E-state index in [1.54, 1.807) is 6.07 Å². The van der Waals surface area contributed by atoms with Crippen molar-refractivity contribution < 1.29 is 8.42 Å². The summed E-state index contributed by atoms with van der Waals surface area (Å²) >= 11 is 3.23. The zero-order chi connectivity index (χ0) is 12.5. The normalized spacial score (nSPS) is 20.1. The Morgan fingerprint density at radius 3 is 2.59 bits per heavy atom. The van der Waals surface area contributed by atoms with Gasteiger partial charge in [0.15, 0.2) is 0 Å². The van der Waals surface area contributed by atoms with Crippen LogP contribution in [0.25, 0.3) is 0 Å². The molecule has 2 heterocycles. The Morgan fingerprint density at radius 1 is 1.35 bits per heavy atom. The van der Waals surface area contributed by atoms with Crippen LogP contribution in [0.1, 0.15) is 12.8 Å². The van der Waals surface area contributed by atoms with Crippen molar-refractivity contribution in [1.82, 2.24) is 9.97 Å². The predicted molar refractivity (Wildman–Crippen MR) is 69.4 cm³/mol. The Kier molecular flexibility index (Phi) is 3.53. The van der Waals surface area contributed by atoms with Crippen molar-refractivity contribution in [3.05, 3.63) is 10.7 Å². The average Bonchev–Trinajstić information content (AvgIpc) is 2.20. The van der Waals surface area contributed by atoms with Gasteiger partial charge in [-0.25, -0.2) is 13.4 Å². The molecule has 1 aromatic heterocycles. The second-order valence-electron chi connectivity index (χ2n) is 4.01. The van der Waals surface area contributed by atoms with Crippen molar-refractivity contribution in [2.75, 3.05) is 22.6 Å². The van der Waals surface area contributed by atoms with Gasteiger partial charge in [0.2, 0.25) is 5.95 Å². The number of hydrogen-bond donors (Lipinski definition) is 2. The van der Waals surface area contributed by atoms with E-state index in [9.17, 15) is 8.42 Å². The summed E-state index contributed by atoms with van der Waals surface area (Å²) in [5, 5.41) is 3.10. The molecule has 17 heavy (non-hydrogen) atoms. The number of halogens is 1. The van der Waals surface area contributed by atoms with Crippen LogP contribution in [0.4, 0.5) is 11.8 Å². The van der Waals surface area contributed by atoms with Gasteiger partial charge in [0.25, 0.3) is 0 Å². The van der Waals surface area contributed by atoms with Gasteiger partial charge in [-0.2, -0.15) is 4.98 Å². The lowest BCUT2D eigenvalue weighted by molar-refractivity contribution is 0.558. The maximum Gasteiger partial charge on any atom is 0.225 e. The number of nitrogens with one attached hydrogen (secondary N) is 1. The highest BCUT2D eigenvalue weighted by Gasteiger charge is 2.23. The van der Waals surface area contributed by atoms with Gasteiger partial charge in [-0.05, 0) is 28.8 Å². The van der Waals surface area contributed by atoms with E-state index < -0.39 is 9.84 Å². The summed E-state index contributed by atoms with van der Waals surface area (Å²) in [6.07, 6.45) is 1.16. The van der Waals surface area contributed by atoms with Gasteiger partial charge in [-0.15, -0.1) is 0 Å². The van der Waals surface area contributed by atoms with E-state index in [2.05, 4.69) is 31.2 Å². The molecule has 0 amide bonds. The molecular weight excluding hydrogens is 308 g/mol. The van der Waals surface area contributed by atoms with Gasteiger partial charge in [-0.3, -0.25) is 0 Å². The van der Waals surface area contributed by atoms with Gasteiger partial charge < -0.3 is 11.1 Å². The molecule has 0 radical (unpaired) electrons. The molecule has 3 N–H and O–H groups in total. The summed E-state index contributed by atoms with van der Waals surface area (Å²) in [4.78, 5) is 8.17. The highest BCUT2D eigenvalue weighted by Crippen LogP contribution is 2.18. The maximum absolute atomic E-state index is 11.3. The number of nitrogens with two attached hydrogens (primary N) is 1. The molecule has 1 aliphatic rings. The van der Waals surface area contributed by atoms with E-state index in [1.165, 1.54) is 0 Å². The number of sulfone groups is 1. The van der Waals surface area contributed by atoms with Crippen molar-refractivity contribution in [3.8, 4) is 0 Å². The first-order valence-corrected chi connectivity index (χ1v) is 7.83. The molecule has 94 valence electrons. The van der Waals surface area contributed by atoms with Crippen LogP contribution in [0.5, 0.6) is 0 Å². The molecular formula is C9H13BrN4O2S. The molecule has 2 rings (SSSR count). The predicted octanol–water partition coefficient (Wildman–Crippen LogP) is 0.810. The summed E-state index contributed by atoms with van der Waals surface area (Å²) in [6.45, 7) is 0. The Hall–Kier alpha value is -0.890. The zero-order valence-corrected chi connectivity index (χ0v) is 11.5. The topological polar surface area (TPSA) is 98.0 Å². The van der Waals surface area contributed by atoms with Crippen molar-refractivity contribution >= 4 is 37.5 Å². The van der Waals surface area contributed by atoms with Crippen molar-refractivity contribution in [3.63, 3.8) is 0 Å². The lowest BCUT2D eigenvalue weighted by atomic mass is 10.2. The third-order valence-corrected chi connectivity index (χ3v) is 4.72. The largest absolute Gasteiger partial charge is 0.383 e. The van der Waals surface area contributed by atoms with Crippen LogP contribution >= 0.6 is 15.9 Å². The minimum absolute atomic E-state index is 0.0900. The molecule has 1 fully saturated rings. The number of anilines is 2. The highest BCUT2D eigenvalue weighted by molar-refractivity contribution is 9.10. The molecule has 0 saturated carbocycles. The molecule has 8 heteroatoms. The van der Waals surface area contributed by atoms with Crippen LogP contribution in [0.15, 0.2) is 10.7 Å². The molecule has 1 aromatic rings. The number of nitrogen functional groups attached to an aromatic ring is 1. The van der Waals surface area contributed by atoms with Crippen LogP contribution in [-0.4, -0.2) is 35.9 Å². The summed E-state index contributed by atoms with van der Waals surface area (Å²) in [5.41, 5.74) is 5.59. The van der Waals surface area contributed by atoms with E-state index in [1.807, 2.05) is 0 Å². The maximum atomic E-state index is 11.3. The number of aromatic nitrogens is 2. The van der Waals surface area contributed by atoms with Gasteiger partial charge >= 0.3 is 0 Å². The monoisotopic (exact) mass is 320 g/mol. The van der Waals surface area contributed by atoms with Gasteiger partial charge in [0.1, 0.15) is 20.3 Å². The molecule has 1 aliphatic heterocycles. The molecule has 0 aliphatic carbocycles. The van der Waals surface area contributed by atoms with Gasteiger partial charge in [-0.1, -0.05) is 0 Å². The van der Waals surface area contributed by atoms with Crippen LogP contribution < -0.4 is 11.1 Å². The summed E-state index contributed by atoms with van der Waals surface area (Å²) < 4.78 is 23.1. The fourth-order valence-electron chi connectivity index (χ4n) is 1.72. The van der Waals surface area contributed by atoms with Crippen LogP contribution in [0.2, 0.25) is 0 Å². The Morgan fingerprint density at radius 2 is 2.00 bits per heavy atom. The minimum Gasteiger partial charge on any atom is -0.383 e. The summed E-state index contributed by atoms with van der Waals surface area (Å²) in [7, 11) is -2.84. The van der Waals surface area contributed by atoms with Crippen molar-refractivity contribution in [1.29, 1.82) is 0 Å². The zero-order valence-electron chi connectivity index (χ0n) is 9.06. The van der Waals surface area contributed by atoms with Gasteiger partial charge in [0, 0.05) is 12.1 Å². The van der Waals surface area contributed by atoms with E-state index in [0.717, 1.165) is 0 Å². The van der Waals surface area contributed by atoms with Crippen LogP contribution in [0.3, 0.4) is 0 Å². The Bertz CT molecular complexity index is 485. The molecule has 1 saturated heterocycles. The fraction of sp³-hybridized carbons (Fsp3) is 0.556. The third-order valence-electron chi connectivity index (χ3n) is 2.60. The van der Waals surface area contributed by atoms with E-state index in [-0.39, 0.29) is 17.5 Å². The van der Waals surface area contributed by atoms with E-state index >= 15 is 0 Å². The van der Waals surface area contributed by atoms with Crippen molar-refractivity contribution in [2.45, 2.75) is 18.9 Å². The first-order valence-electron chi connectivity index (χ1n) is 5.22. The lowest BCUT2D eigenvalue weighted by Gasteiger charge is -2.23. The van der Waals surface area contributed by atoms with Gasteiger partial charge in [0.05, 0.1) is 11.5 Å². The number of nitrogens with zero attached hydrogens (tertiary/aromatic N) is 2. The van der Waals surface area contributed by atoms with Crippen LogP contribution in [0, 0.1) is 0 Å². The minimum atomic E-state index is -2.84. The molecule has 0 unspecified atom stereocenters. The number of hydrogen-bond acceptors (Lipinski definition) is 6. The Balaban J connectivity index is 2.02. The molecule has 0 spiro atoms.